The van der Waals surface area contributed by atoms with Gasteiger partial charge in [0.2, 0.25) is 0 Å². The van der Waals surface area contributed by atoms with Gasteiger partial charge in [0.25, 0.3) is 0 Å². The highest BCUT2D eigenvalue weighted by atomic mass is 16.5. The third-order valence-corrected chi connectivity index (χ3v) is 4.57. The third-order valence-electron chi connectivity index (χ3n) is 4.57. The van der Waals surface area contributed by atoms with E-state index < -0.39 is 0 Å². The van der Waals surface area contributed by atoms with Crippen LogP contribution in [0.25, 0.3) is 0 Å². The van der Waals surface area contributed by atoms with Crippen LogP contribution in [0.3, 0.4) is 0 Å². The predicted molar refractivity (Wildman–Crippen MR) is 67.8 cm³/mol. The third kappa shape index (κ3) is 1.54. The zero-order valence-electron chi connectivity index (χ0n) is 10.8. The number of benzene rings is 1. The summed E-state index contributed by atoms with van der Waals surface area (Å²) in [4.78, 5) is 0. The number of hydrogen-bond acceptors (Lipinski definition) is 2. The maximum Gasteiger partial charge on any atom is 0.127 e. The van der Waals surface area contributed by atoms with Gasteiger partial charge < -0.3 is 9.84 Å². The van der Waals surface area contributed by atoms with Gasteiger partial charge in [-0.25, -0.2) is 0 Å². The molecule has 1 aromatic rings. The van der Waals surface area contributed by atoms with Crippen LogP contribution in [0.4, 0.5) is 0 Å². The molecule has 0 saturated heterocycles. The number of ether oxygens (including phenoxy) is 1. The highest BCUT2D eigenvalue weighted by Gasteiger charge is 2.41. The summed E-state index contributed by atoms with van der Waals surface area (Å²) in [6.07, 6.45) is 4.71. The van der Waals surface area contributed by atoms with E-state index in [0.29, 0.717) is 11.7 Å². The lowest BCUT2D eigenvalue weighted by Gasteiger charge is -2.44. The van der Waals surface area contributed by atoms with Crippen molar-refractivity contribution in [2.45, 2.75) is 58.0 Å². The van der Waals surface area contributed by atoms with E-state index in [1.54, 1.807) is 0 Å². The normalized spacial score (nSPS) is 30.6. The fourth-order valence-corrected chi connectivity index (χ4v) is 3.39. The fraction of sp³-hybridized carbons (Fsp3) is 0.600. The molecular formula is C15H20O2. The molecule has 1 saturated carbocycles. The maximum absolute atomic E-state index is 9.96. The van der Waals surface area contributed by atoms with Gasteiger partial charge in [-0.1, -0.05) is 0 Å². The monoisotopic (exact) mass is 232 g/mol. The molecule has 1 aromatic carbocycles. The van der Waals surface area contributed by atoms with Crippen molar-refractivity contribution in [1.29, 1.82) is 0 Å². The zero-order chi connectivity index (χ0) is 12.2. The molecule has 2 nitrogen and oxygen atoms in total. The van der Waals surface area contributed by atoms with Crippen molar-refractivity contribution >= 4 is 0 Å². The number of rotatable bonds is 0. The number of phenolic OH excluding ortho intramolecular Hbond substituents is 1. The first-order valence-corrected chi connectivity index (χ1v) is 6.52. The van der Waals surface area contributed by atoms with Crippen molar-refractivity contribution in [3.05, 3.63) is 22.8 Å². The molecule has 0 amide bonds. The number of hydrogen-bond donors (Lipinski definition) is 1. The SMILES string of the molecule is Cc1c(O)cc2c(c1C)OC1(C)CCCC2C1. The molecule has 0 spiro atoms. The zero-order valence-corrected chi connectivity index (χ0v) is 10.8. The summed E-state index contributed by atoms with van der Waals surface area (Å²) in [5.41, 5.74) is 3.30. The second-order valence-electron chi connectivity index (χ2n) is 5.91. The Hall–Kier alpha value is -1.18. The van der Waals surface area contributed by atoms with Crippen LogP contribution in [0.1, 0.15) is 55.2 Å². The highest BCUT2D eigenvalue weighted by Crippen LogP contribution is 2.51. The van der Waals surface area contributed by atoms with Crippen molar-refractivity contribution in [2.75, 3.05) is 0 Å². The number of fused-ring (bicyclic) bond motifs is 4. The van der Waals surface area contributed by atoms with E-state index in [0.717, 1.165) is 29.7 Å². The first kappa shape index (κ1) is 10.9. The molecule has 2 unspecified atom stereocenters. The van der Waals surface area contributed by atoms with Crippen LogP contribution >= 0.6 is 0 Å². The second kappa shape index (κ2) is 3.41. The van der Waals surface area contributed by atoms with Crippen molar-refractivity contribution in [3.63, 3.8) is 0 Å². The molecule has 2 bridgehead atoms. The lowest BCUT2D eigenvalue weighted by molar-refractivity contribution is 0.0203. The van der Waals surface area contributed by atoms with E-state index in [2.05, 4.69) is 13.8 Å². The molecule has 3 rings (SSSR count). The average Bonchev–Trinajstić information content (AvgIpc) is 2.28. The van der Waals surface area contributed by atoms with E-state index >= 15 is 0 Å². The van der Waals surface area contributed by atoms with Crippen LogP contribution in [0, 0.1) is 13.8 Å². The first-order valence-electron chi connectivity index (χ1n) is 6.52. The predicted octanol–water partition coefficient (Wildman–Crippen LogP) is 3.82. The van der Waals surface area contributed by atoms with E-state index in [1.165, 1.54) is 18.4 Å². The molecule has 1 aliphatic heterocycles. The highest BCUT2D eigenvalue weighted by molar-refractivity contribution is 5.54. The van der Waals surface area contributed by atoms with Crippen molar-refractivity contribution in [3.8, 4) is 11.5 Å². The molecule has 92 valence electrons. The lowest BCUT2D eigenvalue weighted by Crippen LogP contribution is -2.41. The molecule has 2 atom stereocenters. The Morgan fingerprint density at radius 2 is 2.12 bits per heavy atom. The molecule has 1 aliphatic carbocycles. The Morgan fingerprint density at radius 1 is 1.35 bits per heavy atom. The molecular weight excluding hydrogens is 212 g/mol. The molecule has 1 fully saturated rings. The summed E-state index contributed by atoms with van der Waals surface area (Å²) < 4.78 is 6.25. The van der Waals surface area contributed by atoms with Crippen molar-refractivity contribution < 1.29 is 9.84 Å². The van der Waals surface area contributed by atoms with Gasteiger partial charge >= 0.3 is 0 Å². The van der Waals surface area contributed by atoms with E-state index in [9.17, 15) is 5.11 Å². The van der Waals surface area contributed by atoms with Crippen LogP contribution in [-0.4, -0.2) is 10.7 Å². The van der Waals surface area contributed by atoms with Gasteiger partial charge in [0.15, 0.2) is 0 Å². The Bertz CT molecular complexity index is 478. The van der Waals surface area contributed by atoms with E-state index in [4.69, 9.17) is 4.74 Å². The Morgan fingerprint density at radius 3 is 2.88 bits per heavy atom. The largest absolute Gasteiger partial charge is 0.508 e. The number of phenols is 1. The van der Waals surface area contributed by atoms with Crippen LogP contribution in [0.15, 0.2) is 6.07 Å². The Balaban J connectivity index is 2.19. The summed E-state index contributed by atoms with van der Waals surface area (Å²) in [5.74, 6) is 2.03. The molecule has 2 aliphatic rings. The standard InChI is InChI=1S/C15H20O2/c1-9-10(2)14-12(7-13(9)16)11-5-4-6-15(3,8-11)17-14/h7,11,16H,4-6,8H2,1-3H3. The van der Waals surface area contributed by atoms with Gasteiger partial charge in [0.1, 0.15) is 17.1 Å². The van der Waals surface area contributed by atoms with Gasteiger partial charge in [-0.2, -0.15) is 0 Å². The first-order chi connectivity index (χ1) is 8.00. The van der Waals surface area contributed by atoms with Gasteiger partial charge in [-0.05, 0) is 69.6 Å². The summed E-state index contributed by atoms with van der Waals surface area (Å²) in [6.45, 7) is 6.24. The molecule has 1 heterocycles. The smallest absolute Gasteiger partial charge is 0.127 e. The van der Waals surface area contributed by atoms with Crippen LogP contribution in [-0.2, 0) is 0 Å². The average molecular weight is 232 g/mol. The maximum atomic E-state index is 9.96. The number of aromatic hydroxyl groups is 1. The molecule has 0 aromatic heterocycles. The van der Waals surface area contributed by atoms with Gasteiger partial charge in [-0.15, -0.1) is 0 Å². The van der Waals surface area contributed by atoms with Crippen molar-refractivity contribution in [2.24, 2.45) is 0 Å². The minimum Gasteiger partial charge on any atom is -0.508 e. The summed E-state index contributed by atoms with van der Waals surface area (Å²) >= 11 is 0. The van der Waals surface area contributed by atoms with Gasteiger partial charge in [0, 0.05) is 5.56 Å². The van der Waals surface area contributed by atoms with E-state index in [1.807, 2.05) is 13.0 Å². The molecule has 1 N–H and O–H groups in total. The molecule has 0 radical (unpaired) electrons. The fourth-order valence-electron chi connectivity index (χ4n) is 3.39. The quantitative estimate of drug-likeness (QED) is 0.737. The second-order valence-corrected chi connectivity index (χ2v) is 5.91. The minimum atomic E-state index is 0.0179. The van der Waals surface area contributed by atoms with Crippen molar-refractivity contribution in [1.82, 2.24) is 0 Å². The van der Waals surface area contributed by atoms with Gasteiger partial charge in [-0.3, -0.25) is 0 Å². The summed E-state index contributed by atoms with van der Waals surface area (Å²) in [5, 5.41) is 9.96. The molecule has 17 heavy (non-hydrogen) atoms. The van der Waals surface area contributed by atoms with Crippen LogP contribution in [0.2, 0.25) is 0 Å². The lowest BCUT2D eigenvalue weighted by atomic mass is 9.73. The minimum absolute atomic E-state index is 0.0179. The summed E-state index contributed by atoms with van der Waals surface area (Å²) in [7, 11) is 0. The topological polar surface area (TPSA) is 29.5 Å². The van der Waals surface area contributed by atoms with E-state index in [-0.39, 0.29) is 5.60 Å². The summed E-state index contributed by atoms with van der Waals surface area (Å²) in [6, 6.07) is 1.92. The Labute approximate surface area is 103 Å². The van der Waals surface area contributed by atoms with Crippen LogP contribution < -0.4 is 4.74 Å². The van der Waals surface area contributed by atoms with Crippen LogP contribution in [0.5, 0.6) is 11.5 Å². The van der Waals surface area contributed by atoms with Gasteiger partial charge in [0.05, 0.1) is 0 Å². The molecule has 2 heteroatoms. The Kier molecular flexibility index (Phi) is 2.19.